The lowest BCUT2D eigenvalue weighted by atomic mass is 9.84. The van der Waals surface area contributed by atoms with Crippen molar-refractivity contribution in [2.45, 2.75) is 83.2 Å². The van der Waals surface area contributed by atoms with E-state index in [1.807, 2.05) is 24.3 Å². The highest BCUT2D eigenvalue weighted by Crippen LogP contribution is 2.49. The van der Waals surface area contributed by atoms with Gasteiger partial charge < -0.3 is 11.1 Å². The van der Waals surface area contributed by atoms with Crippen LogP contribution in [-0.4, -0.2) is 44.4 Å². The van der Waals surface area contributed by atoms with Gasteiger partial charge in [-0.25, -0.2) is 4.99 Å². The Labute approximate surface area is 217 Å². The normalized spacial score (nSPS) is 24.6. The van der Waals surface area contributed by atoms with Crippen LogP contribution in [0.25, 0.3) is 11.4 Å². The lowest BCUT2D eigenvalue weighted by molar-refractivity contribution is -0.123. The Morgan fingerprint density at radius 2 is 2.00 bits per heavy atom. The van der Waals surface area contributed by atoms with E-state index in [-0.39, 0.29) is 17.8 Å². The van der Waals surface area contributed by atoms with Crippen molar-refractivity contribution in [1.82, 2.24) is 31.3 Å². The van der Waals surface area contributed by atoms with Crippen molar-refractivity contribution >= 4 is 17.8 Å². The Balaban J connectivity index is 1.20. The standard InChI is InChI=1S/C27H38N8O2/c28-27(31-24(36)15-22-12-18-9-10-20(22)11-18)30-23(14-17-5-2-1-3-6-17)26(37)29-16-19-7-4-8-21(13-19)25-32-34-35-33-25/h4,7-8,13,17-18,20,22-23H,1-3,5-6,9-12,14-16H2,(H,29,37)(H3,28,30,31,36)(H,32,33,34,35)/t18?,20-,22?,23+/m0/s1. The summed E-state index contributed by atoms with van der Waals surface area (Å²) in [5, 5.41) is 19.9. The van der Waals surface area contributed by atoms with E-state index in [2.05, 4.69) is 36.3 Å². The third kappa shape index (κ3) is 6.72. The van der Waals surface area contributed by atoms with E-state index in [9.17, 15) is 9.59 Å². The minimum Gasteiger partial charge on any atom is -0.370 e. The molecular weight excluding hydrogens is 468 g/mol. The first kappa shape index (κ1) is 25.4. The first-order chi connectivity index (χ1) is 18.0. The number of guanidine groups is 1. The molecule has 0 radical (unpaired) electrons. The molecule has 4 atom stereocenters. The van der Waals surface area contributed by atoms with Crippen molar-refractivity contribution in [3.05, 3.63) is 29.8 Å². The van der Waals surface area contributed by atoms with Crippen LogP contribution in [0.4, 0.5) is 0 Å². The quantitative estimate of drug-likeness (QED) is 0.303. The first-order valence-corrected chi connectivity index (χ1v) is 13.8. The second-order valence-electron chi connectivity index (χ2n) is 11.1. The van der Waals surface area contributed by atoms with E-state index in [1.165, 1.54) is 38.5 Å². The fourth-order valence-electron chi connectivity index (χ4n) is 6.63. The average Bonchev–Trinajstić information content (AvgIpc) is 3.67. The van der Waals surface area contributed by atoms with Gasteiger partial charge in [-0.15, -0.1) is 10.2 Å². The molecular formula is C27H38N8O2. The molecule has 37 heavy (non-hydrogen) atoms. The molecule has 2 bridgehead atoms. The van der Waals surface area contributed by atoms with Gasteiger partial charge in [-0.1, -0.05) is 56.7 Å². The van der Waals surface area contributed by atoms with Gasteiger partial charge in [0.1, 0.15) is 6.04 Å². The van der Waals surface area contributed by atoms with Crippen LogP contribution in [0.1, 0.15) is 76.2 Å². The van der Waals surface area contributed by atoms with E-state index >= 15 is 0 Å². The Kier molecular flexibility index (Phi) is 8.11. The molecule has 2 unspecified atom stereocenters. The third-order valence-corrected chi connectivity index (χ3v) is 8.48. The zero-order chi connectivity index (χ0) is 25.6. The number of aromatic nitrogens is 4. The number of carbonyl (C=O) groups excluding carboxylic acids is 2. The third-order valence-electron chi connectivity index (χ3n) is 8.48. The number of aromatic amines is 1. The molecule has 5 N–H and O–H groups in total. The minimum atomic E-state index is -0.633. The Morgan fingerprint density at radius 1 is 1.14 bits per heavy atom. The Morgan fingerprint density at radius 3 is 2.73 bits per heavy atom. The van der Waals surface area contributed by atoms with E-state index in [0.717, 1.165) is 36.3 Å². The number of carbonyl (C=O) groups is 2. The van der Waals surface area contributed by atoms with Crippen LogP contribution in [0.2, 0.25) is 0 Å². The molecule has 5 rings (SSSR count). The smallest absolute Gasteiger partial charge is 0.245 e. The van der Waals surface area contributed by atoms with Crippen LogP contribution in [0.5, 0.6) is 0 Å². The summed E-state index contributed by atoms with van der Waals surface area (Å²) in [5.74, 6) is 2.64. The molecule has 0 aliphatic heterocycles. The van der Waals surface area contributed by atoms with Gasteiger partial charge in [0.05, 0.1) is 0 Å². The summed E-state index contributed by atoms with van der Waals surface area (Å²) in [7, 11) is 0. The number of benzene rings is 1. The summed E-state index contributed by atoms with van der Waals surface area (Å²) in [5.41, 5.74) is 7.90. The average molecular weight is 507 g/mol. The summed E-state index contributed by atoms with van der Waals surface area (Å²) < 4.78 is 0. The number of nitrogens with two attached hydrogens (primary N) is 1. The highest BCUT2D eigenvalue weighted by Gasteiger charge is 2.40. The van der Waals surface area contributed by atoms with Crippen molar-refractivity contribution in [2.24, 2.45) is 34.4 Å². The Bertz CT molecular complexity index is 1100. The molecule has 3 aliphatic carbocycles. The van der Waals surface area contributed by atoms with Gasteiger partial charge in [0.15, 0.2) is 5.96 Å². The number of amides is 2. The summed E-state index contributed by atoms with van der Waals surface area (Å²) in [4.78, 5) is 30.5. The molecule has 1 aromatic carbocycles. The molecule has 0 saturated heterocycles. The van der Waals surface area contributed by atoms with Crippen molar-refractivity contribution in [1.29, 1.82) is 0 Å². The number of aliphatic imine (C=N–C) groups is 1. The summed E-state index contributed by atoms with van der Waals surface area (Å²) in [6.07, 6.45) is 11.9. The van der Waals surface area contributed by atoms with E-state index in [0.29, 0.717) is 43.0 Å². The van der Waals surface area contributed by atoms with Crippen LogP contribution >= 0.6 is 0 Å². The van der Waals surface area contributed by atoms with Crippen molar-refractivity contribution in [2.75, 3.05) is 0 Å². The van der Waals surface area contributed by atoms with E-state index in [4.69, 9.17) is 5.73 Å². The van der Waals surface area contributed by atoms with Crippen molar-refractivity contribution in [3.8, 4) is 11.4 Å². The fourth-order valence-corrected chi connectivity index (χ4v) is 6.63. The van der Waals surface area contributed by atoms with Crippen LogP contribution in [0.3, 0.4) is 0 Å². The monoisotopic (exact) mass is 506 g/mol. The van der Waals surface area contributed by atoms with Crippen LogP contribution in [-0.2, 0) is 16.1 Å². The van der Waals surface area contributed by atoms with Gasteiger partial charge in [0.2, 0.25) is 17.6 Å². The topological polar surface area (TPSA) is 151 Å². The number of hydrogen-bond acceptors (Lipinski definition) is 6. The Hall–Kier alpha value is -3.30. The number of H-pyrrole nitrogens is 1. The molecule has 1 aromatic heterocycles. The number of hydrogen-bond donors (Lipinski definition) is 4. The van der Waals surface area contributed by atoms with Gasteiger partial charge in [0.25, 0.3) is 0 Å². The number of nitrogens with zero attached hydrogens (tertiary/aromatic N) is 4. The molecule has 3 aliphatic rings. The molecule has 198 valence electrons. The molecule has 10 heteroatoms. The van der Waals surface area contributed by atoms with Crippen LogP contribution in [0.15, 0.2) is 29.3 Å². The van der Waals surface area contributed by atoms with E-state index < -0.39 is 6.04 Å². The second-order valence-corrected chi connectivity index (χ2v) is 11.1. The van der Waals surface area contributed by atoms with Gasteiger partial charge >= 0.3 is 0 Å². The molecule has 2 aromatic rings. The highest BCUT2D eigenvalue weighted by atomic mass is 16.2. The number of tetrazole rings is 1. The maximum Gasteiger partial charge on any atom is 0.245 e. The summed E-state index contributed by atoms with van der Waals surface area (Å²) in [6.45, 7) is 0.345. The maximum absolute atomic E-state index is 13.3. The van der Waals surface area contributed by atoms with Gasteiger partial charge in [-0.05, 0) is 66.2 Å². The van der Waals surface area contributed by atoms with Gasteiger partial charge in [0, 0.05) is 18.5 Å². The molecule has 1 heterocycles. The second kappa shape index (κ2) is 11.8. The SMILES string of the molecule is NC(=N[C@H](CC1CCCCC1)C(=O)NCc1cccc(-c2nn[nH]n2)c1)NC(=O)CC1CC2CC[C@H]1C2. The largest absolute Gasteiger partial charge is 0.370 e. The minimum absolute atomic E-state index is 0.0446. The lowest BCUT2D eigenvalue weighted by Gasteiger charge is -2.25. The molecule has 2 amide bonds. The molecule has 0 spiro atoms. The zero-order valence-corrected chi connectivity index (χ0v) is 21.4. The molecule has 3 saturated carbocycles. The number of nitrogens with one attached hydrogen (secondary N) is 3. The number of rotatable bonds is 9. The fraction of sp³-hybridized carbons (Fsp3) is 0.630. The van der Waals surface area contributed by atoms with Crippen molar-refractivity contribution < 1.29 is 9.59 Å². The van der Waals surface area contributed by atoms with Crippen molar-refractivity contribution in [3.63, 3.8) is 0 Å². The van der Waals surface area contributed by atoms with Gasteiger partial charge in [-0.2, -0.15) is 5.21 Å². The van der Waals surface area contributed by atoms with Gasteiger partial charge in [-0.3, -0.25) is 14.9 Å². The molecule has 10 nitrogen and oxygen atoms in total. The zero-order valence-electron chi connectivity index (χ0n) is 21.4. The summed E-state index contributed by atoms with van der Waals surface area (Å²) >= 11 is 0. The predicted molar refractivity (Wildman–Crippen MR) is 140 cm³/mol. The maximum atomic E-state index is 13.3. The van der Waals surface area contributed by atoms with Crippen LogP contribution < -0.4 is 16.4 Å². The van der Waals surface area contributed by atoms with Crippen LogP contribution in [0, 0.1) is 23.7 Å². The predicted octanol–water partition coefficient (Wildman–Crippen LogP) is 3.08. The lowest BCUT2D eigenvalue weighted by Crippen LogP contribution is -2.42. The summed E-state index contributed by atoms with van der Waals surface area (Å²) in [6, 6.07) is 7.02. The first-order valence-electron chi connectivity index (χ1n) is 13.8. The molecule has 3 fully saturated rings. The number of fused-ring (bicyclic) bond motifs is 2. The highest BCUT2D eigenvalue weighted by molar-refractivity contribution is 5.97. The van der Waals surface area contributed by atoms with E-state index in [1.54, 1.807) is 0 Å².